The minimum Gasteiger partial charge on any atom is -0.382 e. The minimum absolute atomic E-state index is 0.0626. The van der Waals surface area contributed by atoms with Crippen LogP contribution in [-0.2, 0) is 13.1 Å². The fourth-order valence-electron chi connectivity index (χ4n) is 4.83. The maximum absolute atomic E-state index is 12.6. The number of fused-ring (bicyclic) bond motifs is 2. The number of benzene rings is 2. The van der Waals surface area contributed by atoms with Crippen molar-refractivity contribution in [2.75, 3.05) is 18.4 Å². The minimum atomic E-state index is -0.0626. The maximum atomic E-state index is 12.6. The zero-order valence-electron chi connectivity index (χ0n) is 18.1. The molecule has 0 atom stereocenters. The van der Waals surface area contributed by atoms with Gasteiger partial charge in [-0.3, -0.25) is 9.69 Å². The van der Waals surface area contributed by atoms with Crippen LogP contribution in [0.2, 0.25) is 5.02 Å². The van der Waals surface area contributed by atoms with Crippen LogP contribution in [-0.4, -0.2) is 34.9 Å². The van der Waals surface area contributed by atoms with Gasteiger partial charge in [0.05, 0.1) is 16.3 Å². The van der Waals surface area contributed by atoms with E-state index in [1.54, 1.807) is 0 Å². The van der Waals surface area contributed by atoms with Crippen LogP contribution >= 0.6 is 11.6 Å². The zero-order chi connectivity index (χ0) is 21.5. The Morgan fingerprint density at radius 3 is 2.71 bits per heavy atom. The molecule has 0 bridgehead atoms. The summed E-state index contributed by atoms with van der Waals surface area (Å²) in [5.74, 6) is -0.0626. The molecule has 162 valence electrons. The van der Waals surface area contributed by atoms with Crippen LogP contribution in [0.3, 0.4) is 0 Å². The lowest BCUT2D eigenvalue weighted by Crippen LogP contribution is -2.28. The van der Waals surface area contributed by atoms with Crippen LogP contribution in [0.5, 0.6) is 0 Å². The number of aromatic amines is 1. The number of amides is 1. The molecule has 5 nitrogen and oxygen atoms in total. The molecule has 31 heavy (non-hydrogen) atoms. The fraction of sp³-hybridized carbons (Fsp3) is 0.400. The third-order valence-electron chi connectivity index (χ3n) is 6.29. The van der Waals surface area contributed by atoms with E-state index in [1.807, 2.05) is 6.07 Å². The summed E-state index contributed by atoms with van der Waals surface area (Å²) in [5.41, 5.74) is 6.68. The van der Waals surface area contributed by atoms with E-state index in [0.29, 0.717) is 17.1 Å². The number of nitrogens with zero attached hydrogens (tertiary/aromatic N) is 1. The smallest absolute Gasteiger partial charge is 0.252 e. The second-order valence-corrected chi connectivity index (χ2v) is 9.44. The van der Waals surface area contributed by atoms with E-state index in [-0.39, 0.29) is 11.9 Å². The van der Waals surface area contributed by atoms with Crippen molar-refractivity contribution in [3.63, 3.8) is 0 Å². The SMILES string of the molecule is CC(C)Nc1cc(-c2cc3cc(CN4CCCCC4)ccc3[nH]2)c2c(c1Cl)CNC2=O. The van der Waals surface area contributed by atoms with E-state index in [0.717, 1.165) is 34.6 Å². The molecule has 0 unspecified atom stereocenters. The monoisotopic (exact) mass is 436 g/mol. The van der Waals surface area contributed by atoms with Gasteiger partial charge >= 0.3 is 0 Å². The molecule has 2 aliphatic heterocycles. The molecule has 0 spiro atoms. The molecular formula is C25H29ClN4O. The third kappa shape index (κ3) is 3.92. The number of nitrogens with one attached hydrogen (secondary N) is 3. The highest BCUT2D eigenvalue weighted by atomic mass is 35.5. The Bertz CT molecular complexity index is 1140. The van der Waals surface area contributed by atoms with Gasteiger partial charge in [-0.1, -0.05) is 24.1 Å². The van der Waals surface area contributed by atoms with Crippen molar-refractivity contribution in [3.8, 4) is 11.3 Å². The number of rotatable bonds is 5. The lowest BCUT2D eigenvalue weighted by Gasteiger charge is -2.26. The molecule has 2 aliphatic rings. The Balaban J connectivity index is 1.54. The average molecular weight is 437 g/mol. The van der Waals surface area contributed by atoms with E-state index < -0.39 is 0 Å². The normalized spacial score (nSPS) is 16.7. The number of H-pyrrole nitrogens is 1. The van der Waals surface area contributed by atoms with Crippen molar-refractivity contribution >= 4 is 34.1 Å². The predicted octanol–water partition coefficient (Wildman–Crippen LogP) is 5.54. The van der Waals surface area contributed by atoms with Gasteiger partial charge in [0, 0.05) is 46.9 Å². The van der Waals surface area contributed by atoms with Crippen molar-refractivity contribution in [1.29, 1.82) is 0 Å². The molecular weight excluding hydrogens is 408 g/mol. The summed E-state index contributed by atoms with van der Waals surface area (Å²) < 4.78 is 0. The Morgan fingerprint density at radius 2 is 1.94 bits per heavy atom. The summed E-state index contributed by atoms with van der Waals surface area (Å²) in [7, 11) is 0. The Hall–Kier alpha value is -2.50. The standard InChI is InChI=1S/C25H29ClN4O/c1-15(2)28-22-12-18(23-19(24(22)26)13-27-25(23)31)21-11-17-10-16(6-7-20(17)29-21)14-30-8-4-3-5-9-30/h6-7,10-12,15,28-29H,3-5,8-9,13-14H2,1-2H3,(H,27,31). The van der Waals surface area contributed by atoms with E-state index in [1.165, 1.54) is 43.3 Å². The highest BCUT2D eigenvalue weighted by Crippen LogP contribution is 2.40. The summed E-state index contributed by atoms with van der Waals surface area (Å²) in [6.45, 7) is 8.01. The molecule has 0 radical (unpaired) electrons. The van der Waals surface area contributed by atoms with Gasteiger partial charge in [0.25, 0.3) is 5.91 Å². The molecule has 3 N–H and O–H groups in total. The molecule has 0 saturated carbocycles. The number of halogens is 1. The van der Waals surface area contributed by atoms with E-state index in [9.17, 15) is 4.79 Å². The topological polar surface area (TPSA) is 60.2 Å². The molecule has 3 aromatic rings. The Labute approximate surface area is 188 Å². The molecule has 6 heteroatoms. The number of aromatic nitrogens is 1. The largest absolute Gasteiger partial charge is 0.382 e. The van der Waals surface area contributed by atoms with Crippen LogP contribution in [0, 0.1) is 0 Å². The molecule has 1 amide bonds. The van der Waals surface area contributed by atoms with Gasteiger partial charge in [0.15, 0.2) is 0 Å². The van der Waals surface area contributed by atoms with Crippen LogP contribution in [0.4, 0.5) is 5.69 Å². The highest BCUT2D eigenvalue weighted by Gasteiger charge is 2.28. The first-order valence-electron chi connectivity index (χ1n) is 11.2. The van der Waals surface area contributed by atoms with Gasteiger partial charge in [0.2, 0.25) is 0 Å². The van der Waals surface area contributed by atoms with Gasteiger partial charge in [-0.2, -0.15) is 0 Å². The summed E-state index contributed by atoms with van der Waals surface area (Å²) in [4.78, 5) is 18.7. The van der Waals surface area contributed by atoms with Gasteiger partial charge in [0.1, 0.15) is 0 Å². The second kappa shape index (κ2) is 8.21. The number of carbonyl (C=O) groups is 1. The lowest BCUT2D eigenvalue weighted by atomic mass is 9.98. The molecule has 1 fully saturated rings. The Kier molecular flexibility index (Phi) is 5.40. The fourth-order valence-corrected chi connectivity index (χ4v) is 5.10. The first-order valence-corrected chi connectivity index (χ1v) is 11.6. The molecule has 1 aromatic heterocycles. The number of piperidine rings is 1. The number of hydrogen-bond acceptors (Lipinski definition) is 3. The second-order valence-electron chi connectivity index (χ2n) is 9.06. The van der Waals surface area contributed by atoms with Crippen molar-refractivity contribution in [1.82, 2.24) is 15.2 Å². The van der Waals surface area contributed by atoms with E-state index in [2.05, 4.69) is 58.6 Å². The number of anilines is 1. The van der Waals surface area contributed by atoms with Crippen molar-refractivity contribution in [2.45, 2.75) is 52.2 Å². The predicted molar refractivity (Wildman–Crippen MR) is 128 cm³/mol. The molecule has 0 aliphatic carbocycles. The first-order chi connectivity index (χ1) is 15.0. The highest BCUT2D eigenvalue weighted by molar-refractivity contribution is 6.35. The van der Waals surface area contributed by atoms with Gasteiger partial charge in [-0.05, 0) is 69.6 Å². The van der Waals surface area contributed by atoms with Crippen molar-refractivity contribution in [3.05, 3.63) is 52.0 Å². The summed E-state index contributed by atoms with van der Waals surface area (Å²) >= 11 is 6.65. The third-order valence-corrected chi connectivity index (χ3v) is 6.72. The van der Waals surface area contributed by atoms with Gasteiger partial charge in [-0.25, -0.2) is 0 Å². The number of likely N-dealkylation sites (tertiary alicyclic amines) is 1. The van der Waals surface area contributed by atoms with Crippen LogP contribution < -0.4 is 10.6 Å². The van der Waals surface area contributed by atoms with E-state index in [4.69, 9.17) is 11.6 Å². The Morgan fingerprint density at radius 1 is 1.13 bits per heavy atom. The summed E-state index contributed by atoms with van der Waals surface area (Å²) in [6.07, 6.45) is 3.95. The number of hydrogen-bond donors (Lipinski definition) is 3. The van der Waals surface area contributed by atoms with Gasteiger partial charge in [-0.15, -0.1) is 0 Å². The van der Waals surface area contributed by atoms with Crippen molar-refractivity contribution in [2.24, 2.45) is 0 Å². The average Bonchev–Trinajstić information content (AvgIpc) is 3.34. The summed E-state index contributed by atoms with van der Waals surface area (Å²) in [6, 6.07) is 11.0. The van der Waals surface area contributed by atoms with Crippen LogP contribution in [0.15, 0.2) is 30.3 Å². The van der Waals surface area contributed by atoms with Crippen LogP contribution in [0.25, 0.3) is 22.2 Å². The molecule has 3 heterocycles. The molecule has 2 aromatic carbocycles. The lowest BCUT2D eigenvalue weighted by molar-refractivity contribution is 0.0966. The quantitative estimate of drug-likeness (QED) is 0.492. The summed E-state index contributed by atoms with van der Waals surface area (Å²) in [5, 5.41) is 8.16. The number of carbonyl (C=O) groups excluding carboxylic acids is 1. The van der Waals surface area contributed by atoms with E-state index >= 15 is 0 Å². The maximum Gasteiger partial charge on any atom is 0.252 e. The van der Waals surface area contributed by atoms with Crippen molar-refractivity contribution < 1.29 is 4.79 Å². The zero-order valence-corrected chi connectivity index (χ0v) is 18.9. The molecule has 1 saturated heterocycles. The van der Waals surface area contributed by atoms with Crippen LogP contribution in [0.1, 0.15) is 54.6 Å². The first kappa shape index (κ1) is 20.4. The van der Waals surface area contributed by atoms with Gasteiger partial charge < -0.3 is 15.6 Å². The molecule has 5 rings (SSSR count).